The highest BCUT2D eigenvalue weighted by molar-refractivity contribution is 5.90. The van der Waals surface area contributed by atoms with Crippen molar-refractivity contribution < 1.29 is 18.8 Å². The molecule has 2 aromatic carbocycles. The van der Waals surface area contributed by atoms with E-state index in [4.69, 9.17) is 0 Å². The first-order valence-corrected chi connectivity index (χ1v) is 13.3. The number of carbonyl (C=O) groups excluding carboxylic acids is 3. The Morgan fingerprint density at radius 2 is 1.57 bits per heavy atom. The number of likely N-dealkylation sites (tertiary alicyclic amines) is 2. The molecule has 0 spiro atoms. The van der Waals surface area contributed by atoms with Gasteiger partial charge in [0.2, 0.25) is 17.7 Å². The van der Waals surface area contributed by atoms with Gasteiger partial charge in [0, 0.05) is 25.9 Å². The molecule has 2 aliphatic heterocycles. The maximum Gasteiger partial charge on any atom is 0.243 e. The van der Waals surface area contributed by atoms with Crippen LogP contribution in [-0.4, -0.2) is 58.9 Å². The lowest BCUT2D eigenvalue weighted by Crippen LogP contribution is -2.54. The van der Waals surface area contributed by atoms with E-state index in [1.54, 1.807) is 4.90 Å². The van der Waals surface area contributed by atoms with Crippen molar-refractivity contribution in [2.75, 3.05) is 13.1 Å². The van der Waals surface area contributed by atoms with E-state index in [0.717, 1.165) is 11.1 Å². The molecule has 6 nitrogen and oxygen atoms in total. The predicted octanol–water partition coefficient (Wildman–Crippen LogP) is 4.60. The summed E-state index contributed by atoms with van der Waals surface area (Å²) in [6.07, 6.45) is 0.0542. The van der Waals surface area contributed by atoms with E-state index in [2.05, 4.69) is 31.3 Å². The van der Waals surface area contributed by atoms with E-state index in [9.17, 15) is 18.8 Å². The van der Waals surface area contributed by atoms with Crippen molar-refractivity contribution in [3.8, 4) is 0 Å². The number of rotatable bonds is 6. The molecule has 2 saturated heterocycles. The SMILES string of the molecule is CC(=O)N1CCCC(C(=O)N2C[C@H](F)C[C@H]2C(=O)N[C@@H](c2ccccc2)c2ccc(C(C)C)cc2)C1C. The summed E-state index contributed by atoms with van der Waals surface area (Å²) < 4.78 is 14.7. The summed E-state index contributed by atoms with van der Waals surface area (Å²) in [6.45, 7) is 8.15. The van der Waals surface area contributed by atoms with Crippen LogP contribution in [0.4, 0.5) is 4.39 Å². The van der Waals surface area contributed by atoms with Gasteiger partial charge in [-0.3, -0.25) is 14.4 Å². The van der Waals surface area contributed by atoms with E-state index >= 15 is 0 Å². The Kier molecular flexibility index (Phi) is 8.30. The van der Waals surface area contributed by atoms with Crippen LogP contribution in [0.15, 0.2) is 54.6 Å². The zero-order chi connectivity index (χ0) is 26.7. The van der Waals surface area contributed by atoms with Gasteiger partial charge < -0.3 is 15.1 Å². The molecule has 198 valence electrons. The smallest absolute Gasteiger partial charge is 0.243 e. The van der Waals surface area contributed by atoms with Gasteiger partial charge in [-0.1, -0.05) is 68.4 Å². The molecule has 2 unspecified atom stereocenters. The fraction of sp³-hybridized carbons (Fsp3) is 0.500. The van der Waals surface area contributed by atoms with Gasteiger partial charge >= 0.3 is 0 Å². The van der Waals surface area contributed by atoms with Gasteiger partial charge in [-0.25, -0.2) is 4.39 Å². The quantitative estimate of drug-likeness (QED) is 0.621. The highest BCUT2D eigenvalue weighted by Gasteiger charge is 2.45. The van der Waals surface area contributed by atoms with Gasteiger partial charge in [0.1, 0.15) is 12.2 Å². The molecule has 2 heterocycles. The molecule has 2 aromatic rings. The van der Waals surface area contributed by atoms with E-state index in [1.165, 1.54) is 17.4 Å². The van der Waals surface area contributed by atoms with Gasteiger partial charge in [-0.05, 0) is 42.4 Å². The molecule has 5 atom stereocenters. The van der Waals surface area contributed by atoms with Gasteiger partial charge in [0.25, 0.3) is 0 Å². The van der Waals surface area contributed by atoms with Crippen LogP contribution >= 0.6 is 0 Å². The van der Waals surface area contributed by atoms with E-state index < -0.39 is 24.2 Å². The summed E-state index contributed by atoms with van der Waals surface area (Å²) in [7, 11) is 0. The van der Waals surface area contributed by atoms with E-state index in [0.29, 0.717) is 25.3 Å². The number of hydrogen-bond acceptors (Lipinski definition) is 3. The lowest BCUT2D eigenvalue weighted by Gasteiger charge is -2.40. The second-order valence-electron chi connectivity index (χ2n) is 10.7. The lowest BCUT2D eigenvalue weighted by atomic mass is 9.88. The minimum atomic E-state index is -1.26. The summed E-state index contributed by atoms with van der Waals surface area (Å²) >= 11 is 0. The molecule has 0 bridgehead atoms. The molecular weight excluding hydrogens is 469 g/mol. The number of halogens is 1. The third kappa shape index (κ3) is 5.86. The molecule has 0 aliphatic carbocycles. The third-order valence-corrected chi connectivity index (χ3v) is 7.90. The molecule has 0 radical (unpaired) electrons. The van der Waals surface area contributed by atoms with Crippen LogP contribution in [0.3, 0.4) is 0 Å². The van der Waals surface area contributed by atoms with Gasteiger partial charge in [-0.2, -0.15) is 0 Å². The molecule has 7 heteroatoms. The largest absolute Gasteiger partial charge is 0.343 e. The predicted molar refractivity (Wildman–Crippen MR) is 142 cm³/mol. The number of benzene rings is 2. The molecule has 1 N–H and O–H groups in total. The first kappa shape index (κ1) is 26.8. The molecular formula is C30H38FN3O3. The number of alkyl halides is 1. The molecule has 0 aromatic heterocycles. The molecule has 37 heavy (non-hydrogen) atoms. The fourth-order valence-electron chi connectivity index (χ4n) is 5.72. The van der Waals surface area contributed by atoms with Gasteiger partial charge in [0.15, 0.2) is 0 Å². The highest BCUT2D eigenvalue weighted by atomic mass is 19.1. The summed E-state index contributed by atoms with van der Waals surface area (Å²) in [5, 5.41) is 3.12. The van der Waals surface area contributed by atoms with Crippen molar-refractivity contribution in [3.63, 3.8) is 0 Å². The molecule has 2 aliphatic rings. The standard InChI is InChI=1S/C30H38FN3O3/c1-19(2)22-12-14-24(15-13-22)28(23-9-6-5-7-10-23)32-29(36)27-17-25(31)18-34(27)30(37)26-11-8-16-33(20(26)3)21(4)35/h5-7,9-10,12-15,19-20,25-28H,8,11,16-18H2,1-4H3,(H,32,36)/t20?,25-,26?,27+,28+/m1/s1. The van der Waals surface area contributed by atoms with Crippen LogP contribution < -0.4 is 5.32 Å². The van der Waals surface area contributed by atoms with Crippen LogP contribution in [0, 0.1) is 5.92 Å². The minimum Gasteiger partial charge on any atom is -0.343 e. The molecule has 3 amide bonds. The van der Waals surface area contributed by atoms with Crippen molar-refractivity contribution in [2.24, 2.45) is 5.92 Å². The van der Waals surface area contributed by atoms with Crippen molar-refractivity contribution in [3.05, 3.63) is 71.3 Å². The normalized spacial score (nSPS) is 24.7. The number of piperidine rings is 1. The van der Waals surface area contributed by atoms with Crippen molar-refractivity contribution in [2.45, 2.75) is 77.2 Å². The molecule has 0 saturated carbocycles. The summed E-state index contributed by atoms with van der Waals surface area (Å²) in [4.78, 5) is 42.4. The molecule has 2 fully saturated rings. The summed E-state index contributed by atoms with van der Waals surface area (Å²) in [5.41, 5.74) is 3.05. The molecule has 4 rings (SSSR count). The van der Waals surface area contributed by atoms with Crippen molar-refractivity contribution in [1.29, 1.82) is 0 Å². The summed E-state index contributed by atoms with van der Waals surface area (Å²) in [5.74, 6) is -0.719. The van der Waals surface area contributed by atoms with E-state index in [1.807, 2.05) is 49.4 Å². The first-order valence-electron chi connectivity index (χ1n) is 13.3. The number of amides is 3. The van der Waals surface area contributed by atoms with Crippen molar-refractivity contribution in [1.82, 2.24) is 15.1 Å². The topological polar surface area (TPSA) is 69.7 Å². The van der Waals surface area contributed by atoms with Crippen LogP contribution in [0.1, 0.15) is 75.6 Å². The number of carbonyl (C=O) groups is 3. The second kappa shape index (κ2) is 11.4. The first-order chi connectivity index (χ1) is 17.7. The Morgan fingerprint density at radius 3 is 2.19 bits per heavy atom. The van der Waals surface area contributed by atoms with Crippen molar-refractivity contribution >= 4 is 17.7 Å². The number of nitrogens with one attached hydrogen (secondary N) is 1. The zero-order valence-corrected chi connectivity index (χ0v) is 22.2. The fourth-order valence-corrected chi connectivity index (χ4v) is 5.72. The Morgan fingerprint density at radius 1 is 0.946 bits per heavy atom. The third-order valence-electron chi connectivity index (χ3n) is 7.90. The Balaban J connectivity index is 1.57. The van der Waals surface area contributed by atoms with Crippen LogP contribution in [0.2, 0.25) is 0 Å². The number of nitrogens with zero attached hydrogens (tertiary/aromatic N) is 2. The average Bonchev–Trinajstić information content (AvgIpc) is 3.29. The second-order valence-corrected chi connectivity index (χ2v) is 10.7. The monoisotopic (exact) mass is 507 g/mol. The minimum absolute atomic E-state index is 0.0249. The van der Waals surface area contributed by atoms with Crippen LogP contribution in [0.5, 0.6) is 0 Å². The van der Waals surface area contributed by atoms with Crippen LogP contribution in [0.25, 0.3) is 0 Å². The maximum atomic E-state index is 14.7. The zero-order valence-electron chi connectivity index (χ0n) is 22.2. The van der Waals surface area contributed by atoms with Crippen LogP contribution in [-0.2, 0) is 14.4 Å². The Hall–Kier alpha value is -3.22. The maximum absolute atomic E-state index is 14.7. The van der Waals surface area contributed by atoms with Gasteiger partial charge in [-0.15, -0.1) is 0 Å². The Labute approximate surface area is 219 Å². The summed E-state index contributed by atoms with van der Waals surface area (Å²) in [6, 6.07) is 16.3. The van der Waals surface area contributed by atoms with E-state index in [-0.39, 0.29) is 36.7 Å². The lowest BCUT2D eigenvalue weighted by molar-refractivity contribution is -0.147. The number of hydrogen-bond donors (Lipinski definition) is 1. The highest BCUT2D eigenvalue weighted by Crippen LogP contribution is 2.31. The Bertz CT molecular complexity index is 1100. The average molecular weight is 508 g/mol. The van der Waals surface area contributed by atoms with Gasteiger partial charge in [0.05, 0.1) is 18.5 Å².